The Kier molecular flexibility index (Phi) is 0.855. The maximum Gasteiger partial charge on any atom is 0.164 e. The van der Waals surface area contributed by atoms with Gasteiger partial charge in [-0.05, 0) is 6.92 Å². The normalized spacial score (nSPS) is 9.43. The minimum Gasteiger partial charge on any atom is -0.469 e. The summed E-state index contributed by atoms with van der Waals surface area (Å²) in [6.07, 6.45) is 2.45. The lowest BCUT2D eigenvalue weighted by Gasteiger charge is -1.72. The summed E-state index contributed by atoms with van der Waals surface area (Å²) >= 11 is 0. The van der Waals surface area contributed by atoms with Crippen LogP contribution in [0.15, 0.2) is 16.9 Å². The van der Waals surface area contributed by atoms with Gasteiger partial charge in [-0.1, -0.05) is 0 Å². The first kappa shape index (κ1) is 4.37. The van der Waals surface area contributed by atoms with E-state index in [1.165, 1.54) is 6.26 Å². The Morgan fingerprint density at radius 1 is 1.57 bits per heavy atom. The molecule has 0 amide bonds. The van der Waals surface area contributed by atoms with Gasteiger partial charge in [0, 0.05) is 5.56 Å². The van der Waals surface area contributed by atoms with Gasteiger partial charge in [0.1, 0.15) is 6.26 Å². The van der Waals surface area contributed by atoms with E-state index < -0.39 is 0 Å². The molecular formula is C5H5FO. The SMILES string of the molecule is Cc1cocc1F. The summed E-state index contributed by atoms with van der Waals surface area (Å²) < 4.78 is 16.5. The van der Waals surface area contributed by atoms with E-state index in [1.807, 2.05) is 0 Å². The van der Waals surface area contributed by atoms with Crippen molar-refractivity contribution in [1.29, 1.82) is 0 Å². The Bertz CT molecular complexity index is 140. The van der Waals surface area contributed by atoms with Crippen molar-refractivity contribution in [2.45, 2.75) is 6.92 Å². The first-order chi connectivity index (χ1) is 3.30. The molecule has 0 aromatic carbocycles. The molecule has 0 saturated carbocycles. The molecule has 1 rings (SSSR count). The van der Waals surface area contributed by atoms with Crippen molar-refractivity contribution >= 4 is 0 Å². The van der Waals surface area contributed by atoms with Crippen molar-refractivity contribution in [2.24, 2.45) is 0 Å². The van der Waals surface area contributed by atoms with Gasteiger partial charge >= 0.3 is 0 Å². The van der Waals surface area contributed by atoms with Crippen molar-refractivity contribution in [1.82, 2.24) is 0 Å². The lowest BCUT2D eigenvalue weighted by atomic mass is 10.4. The van der Waals surface area contributed by atoms with Gasteiger partial charge in [0.15, 0.2) is 5.82 Å². The highest BCUT2D eigenvalue weighted by atomic mass is 19.1. The average molecular weight is 100 g/mol. The summed E-state index contributed by atoms with van der Waals surface area (Å²) in [4.78, 5) is 0. The molecule has 0 atom stereocenters. The molecule has 0 unspecified atom stereocenters. The molecule has 7 heavy (non-hydrogen) atoms. The molecule has 1 nitrogen and oxygen atoms in total. The van der Waals surface area contributed by atoms with Crippen LogP contribution < -0.4 is 0 Å². The van der Waals surface area contributed by atoms with Crippen molar-refractivity contribution < 1.29 is 8.81 Å². The second kappa shape index (κ2) is 1.37. The summed E-state index contributed by atoms with van der Waals surface area (Å²) in [5, 5.41) is 0. The van der Waals surface area contributed by atoms with Crippen LogP contribution in [0.2, 0.25) is 0 Å². The van der Waals surface area contributed by atoms with Gasteiger partial charge < -0.3 is 4.42 Å². The standard InChI is InChI=1S/C5H5FO/c1-4-2-7-3-5(4)6/h2-3H,1H3. The number of aryl methyl sites for hydroxylation is 1. The molecule has 0 spiro atoms. The van der Waals surface area contributed by atoms with Gasteiger partial charge in [-0.15, -0.1) is 0 Å². The Labute approximate surface area is 40.8 Å². The maximum absolute atomic E-state index is 12.0. The minimum absolute atomic E-state index is 0.278. The van der Waals surface area contributed by atoms with Crippen LogP contribution in [-0.2, 0) is 0 Å². The molecule has 0 aliphatic carbocycles. The van der Waals surface area contributed by atoms with Crippen LogP contribution in [0, 0.1) is 12.7 Å². The summed E-state index contributed by atoms with van der Waals surface area (Å²) in [5.74, 6) is -0.278. The third kappa shape index (κ3) is 0.633. The topological polar surface area (TPSA) is 13.1 Å². The van der Waals surface area contributed by atoms with Gasteiger partial charge in [0.2, 0.25) is 0 Å². The van der Waals surface area contributed by atoms with Crippen LogP contribution in [0.5, 0.6) is 0 Å². The third-order valence-electron chi connectivity index (χ3n) is 0.793. The van der Waals surface area contributed by atoms with E-state index in [-0.39, 0.29) is 5.82 Å². The van der Waals surface area contributed by atoms with Crippen LogP contribution in [0.1, 0.15) is 5.56 Å². The summed E-state index contributed by atoms with van der Waals surface area (Å²) in [6.45, 7) is 1.65. The van der Waals surface area contributed by atoms with Crippen LogP contribution in [0.25, 0.3) is 0 Å². The fraction of sp³-hybridized carbons (Fsp3) is 0.200. The van der Waals surface area contributed by atoms with E-state index in [0.717, 1.165) is 6.26 Å². The average Bonchev–Trinajstić information content (AvgIpc) is 1.91. The molecule has 0 radical (unpaired) electrons. The van der Waals surface area contributed by atoms with Gasteiger partial charge in [0.25, 0.3) is 0 Å². The lowest BCUT2D eigenvalue weighted by molar-refractivity contribution is 0.532. The predicted molar refractivity (Wildman–Crippen MR) is 23.4 cm³/mol. The van der Waals surface area contributed by atoms with Gasteiger partial charge in [-0.3, -0.25) is 0 Å². The van der Waals surface area contributed by atoms with E-state index in [9.17, 15) is 4.39 Å². The second-order valence-corrected chi connectivity index (χ2v) is 1.40. The molecule has 1 aromatic rings. The minimum atomic E-state index is -0.278. The number of halogens is 1. The first-order valence-electron chi connectivity index (χ1n) is 1.99. The van der Waals surface area contributed by atoms with Gasteiger partial charge in [0.05, 0.1) is 6.26 Å². The quantitative estimate of drug-likeness (QED) is 0.483. The molecule has 0 fully saturated rings. The van der Waals surface area contributed by atoms with Crippen molar-refractivity contribution in [3.8, 4) is 0 Å². The van der Waals surface area contributed by atoms with Crippen molar-refractivity contribution in [3.05, 3.63) is 23.9 Å². The summed E-state index contributed by atoms with van der Waals surface area (Å²) in [7, 11) is 0. The number of furan rings is 1. The van der Waals surface area contributed by atoms with E-state index in [0.29, 0.717) is 5.56 Å². The van der Waals surface area contributed by atoms with Crippen LogP contribution >= 0.6 is 0 Å². The lowest BCUT2D eigenvalue weighted by Crippen LogP contribution is -1.65. The molecular weight excluding hydrogens is 95.1 g/mol. The maximum atomic E-state index is 12.0. The Morgan fingerprint density at radius 2 is 2.29 bits per heavy atom. The number of rotatable bonds is 0. The van der Waals surface area contributed by atoms with Gasteiger partial charge in [-0.25, -0.2) is 4.39 Å². The zero-order chi connectivity index (χ0) is 5.28. The smallest absolute Gasteiger partial charge is 0.164 e. The summed E-state index contributed by atoms with van der Waals surface area (Å²) in [5.41, 5.74) is 0.556. The monoisotopic (exact) mass is 100 g/mol. The number of hydrogen-bond donors (Lipinski definition) is 0. The van der Waals surface area contributed by atoms with Crippen molar-refractivity contribution in [2.75, 3.05) is 0 Å². The molecule has 0 aliphatic rings. The predicted octanol–water partition coefficient (Wildman–Crippen LogP) is 1.73. The van der Waals surface area contributed by atoms with Crippen molar-refractivity contribution in [3.63, 3.8) is 0 Å². The summed E-state index contributed by atoms with van der Waals surface area (Å²) in [6, 6.07) is 0. The highest BCUT2D eigenvalue weighted by Gasteiger charge is 1.93. The van der Waals surface area contributed by atoms with Crippen LogP contribution in [0.3, 0.4) is 0 Å². The zero-order valence-electron chi connectivity index (χ0n) is 3.94. The van der Waals surface area contributed by atoms with E-state index in [2.05, 4.69) is 4.42 Å². The van der Waals surface area contributed by atoms with Crippen LogP contribution in [-0.4, -0.2) is 0 Å². The van der Waals surface area contributed by atoms with Crippen LogP contribution in [0.4, 0.5) is 4.39 Å². The molecule has 1 heterocycles. The molecule has 1 aromatic heterocycles. The molecule has 38 valence electrons. The number of hydrogen-bond acceptors (Lipinski definition) is 1. The van der Waals surface area contributed by atoms with E-state index >= 15 is 0 Å². The molecule has 2 heteroatoms. The second-order valence-electron chi connectivity index (χ2n) is 1.40. The highest BCUT2D eigenvalue weighted by Crippen LogP contribution is 2.03. The van der Waals surface area contributed by atoms with E-state index in [1.54, 1.807) is 6.92 Å². The Balaban J connectivity index is 3.12. The fourth-order valence-electron chi connectivity index (χ4n) is 0.345. The molecule has 0 aliphatic heterocycles. The van der Waals surface area contributed by atoms with Gasteiger partial charge in [-0.2, -0.15) is 0 Å². The Morgan fingerprint density at radius 3 is 2.43 bits per heavy atom. The first-order valence-corrected chi connectivity index (χ1v) is 1.99. The fourth-order valence-corrected chi connectivity index (χ4v) is 0.345. The molecule has 0 bridgehead atoms. The zero-order valence-corrected chi connectivity index (χ0v) is 3.94. The third-order valence-corrected chi connectivity index (χ3v) is 0.793. The molecule has 0 N–H and O–H groups in total. The Hall–Kier alpha value is -0.790. The largest absolute Gasteiger partial charge is 0.469 e. The highest BCUT2D eigenvalue weighted by molar-refractivity contribution is 5.04. The molecule has 0 saturated heterocycles. The van der Waals surface area contributed by atoms with E-state index in [4.69, 9.17) is 0 Å².